The van der Waals surface area contributed by atoms with Crippen LogP contribution in [0.25, 0.3) is 16.9 Å². The van der Waals surface area contributed by atoms with Gasteiger partial charge in [-0.3, -0.25) is 0 Å². The zero-order chi connectivity index (χ0) is 21.5. The van der Waals surface area contributed by atoms with Gasteiger partial charge in [-0.1, -0.05) is 11.6 Å². The Balaban J connectivity index is 1.62. The van der Waals surface area contributed by atoms with Gasteiger partial charge in [0.1, 0.15) is 17.9 Å². The molecule has 1 aromatic carbocycles. The lowest BCUT2D eigenvalue weighted by Gasteiger charge is -2.12. The number of nitrogens with one attached hydrogen (secondary N) is 1. The van der Waals surface area contributed by atoms with Gasteiger partial charge in [0.05, 0.1) is 22.2 Å². The maximum absolute atomic E-state index is 13.0. The van der Waals surface area contributed by atoms with E-state index in [0.29, 0.717) is 17.2 Å². The summed E-state index contributed by atoms with van der Waals surface area (Å²) in [5.41, 5.74) is -0.512. The van der Waals surface area contributed by atoms with Crippen LogP contribution in [0.15, 0.2) is 41.2 Å². The van der Waals surface area contributed by atoms with E-state index in [1.165, 1.54) is 17.2 Å². The van der Waals surface area contributed by atoms with Crippen LogP contribution in [-0.2, 0) is 6.18 Å². The topological polar surface area (TPSA) is 105 Å². The van der Waals surface area contributed by atoms with E-state index >= 15 is 0 Å². The largest absolute Gasteiger partial charge is 0.422 e. The van der Waals surface area contributed by atoms with Crippen molar-refractivity contribution in [3.8, 4) is 11.9 Å². The number of nitriles is 1. The number of pyridine rings is 1. The molecule has 3 aromatic heterocycles. The summed E-state index contributed by atoms with van der Waals surface area (Å²) in [6.07, 6.45) is -1.83. The molecule has 0 aliphatic rings. The minimum Gasteiger partial charge on any atom is -0.422 e. The summed E-state index contributed by atoms with van der Waals surface area (Å²) in [5, 5.41) is 15.7. The first-order valence-corrected chi connectivity index (χ1v) is 8.84. The lowest BCUT2D eigenvalue weighted by molar-refractivity contribution is -0.137. The van der Waals surface area contributed by atoms with E-state index in [2.05, 4.69) is 25.4 Å². The zero-order valence-electron chi connectivity index (χ0n) is 15.1. The van der Waals surface area contributed by atoms with Crippen LogP contribution in [-0.4, -0.2) is 24.7 Å². The van der Waals surface area contributed by atoms with E-state index in [4.69, 9.17) is 21.3 Å². The van der Waals surface area contributed by atoms with Gasteiger partial charge in [0, 0.05) is 6.20 Å². The number of rotatable bonds is 4. The molecule has 0 spiro atoms. The van der Waals surface area contributed by atoms with E-state index in [0.717, 1.165) is 12.1 Å². The second-order valence-electron chi connectivity index (χ2n) is 6.24. The second kappa shape index (κ2) is 7.31. The van der Waals surface area contributed by atoms with Gasteiger partial charge in [0.2, 0.25) is 0 Å². The molecule has 0 unspecified atom stereocenters. The molecule has 0 fully saturated rings. The van der Waals surface area contributed by atoms with Crippen molar-refractivity contribution >= 4 is 28.7 Å². The average Bonchev–Trinajstić information content (AvgIpc) is 3.34. The summed E-state index contributed by atoms with van der Waals surface area (Å²) in [5.74, 6) is 0.877. The highest BCUT2D eigenvalue weighted by atomic mass is 35.5. The van der Waals surface area contributed by atoms with Crippen molar-refractivity contribution < 1.29 is 17.6 Å². The van der Waals surface area contributed by atoms with Crippen molar-refractivity contribution in [3.05, 3.63) is 58.8 Å². The Kier molecular flexibility index (Phi) is 4.79. The highest BCUT2D eigenvalue weighted by Crippen LogP contribution is 2.36. The minimum atomic E-state index is -4.55. The third-order valence-corrected chi connectivity index (χ3v) is 4.45. The lowest BCUT2D eigenvalue weighted by Crippen LogP contribution is -2.14. The number of hydrogen-bond acceptors (Lipinski definition) is 7. The highest BCUT2D eigenvalue weighted by Gasteiger charge is 2.32. The minimum absolute atomic E-state index is 0.0268. The first-order chi connectivity index (χ1) is 14.3. The molecule has 30 heavy (non-hydrogen) atoms. The van der Waals surface area contributed by atoms with Gasteiger partial charge in [-0.2, -0.15) is 33.2 Å². The molecule has 0 saturated carbocycles. The van der Waals surface area contributed by atoms with Crippen molar-refractivity contribution in [2.24, 2.45) is 0 Å². The van der Waals surface area contributed by atoms with Crippen LogP contribution in [0.1, 0.15) is 29.9 Å². The summed E-state index contributed by atoms with van der Waals surface area (Å²) in [6, 6.07) is 6.30. The summed E-state index contributed by atoms with van der Waals surface area (Å²) >= 11 is 5.93. The van der Waals surface area contributed by atoms with Crippen molar-refractivity contribution in [1.29, 1.82) is 5.26 Å². The Morgan fingerprint density at radius 1 is 1.27 bits per heavy atom. The third kappa shape index (κ3) is 3.65. The van der Waals surface area contributed by atoms with Gasteiger partial charge in [0.25, 0.3) is 6.01 Å². The molecule has 1 atom stereocenters. The highest BCUT2D eigenvalue weighted by molar-refractivity contribution is 6.34. The van der Waals surface area contributed by atoms with E-state index in [1.807, 2.05) is 6.07 Å². The third-order valence-electron chi connectivity index (χ3n) is 4.17. The number of oxazole rings is 1. The van der Waals surface area contributed by atoms with Crippen molar-refractivity contribution in [2.45, 2.75) is 19.1 Å². The summed E-state index contributed by atoms with van der Waals surface area (Å²) in [4.78, 5) is 12.4. The van der Waals surface area contributed by atoms with Crippen molar-refractivity contribution in [3.63, 3.8) is 0 Å². The van der Waals surface area contributed by atoms with E-state index in [9.17, 15) is 13.2 Å². The summed E-state index contributed by atoms with van der Waals surface area (Å²) < 4.78 is 45.9. The molecule has 0 saturated heterocycles. The smallest absolute Gasteiger partial charge is 0.416 e. The molecular weight excluding hydrogens is 423 g/mol. The van der Waals surface area contributed by atoms with Crippen LogP contribution >= 0.6 is 11.6 Å². The molecule has 4 rings (SSSR count). The average molecular weight is 434 g/mol. The van der Waals surface area contributed by atoms with E-state index in [1.54, 1.807) is 19.1 Å². The Morgan fingerprint density at radius 3 is 2.73 bits per heavy atom. The number of anilines is 1. The maximum atomic E-state index is 13.0. The fourth-order valence-corrected chi connectivity index (χ4v) is 3.02. The molecule has 4 aromatic rings. The molecule has 3 heterocycles. The predicted molar refractivity (Wildman–Crippen MR) is 99.9 cm³/mol. The van der Waals surface area contributed by atoms with Crippen LogP contribution in [0, 0.1) is 11.3 Å². The molecule has 12 heteroatoms. The molecule has 0 aliphatic heterocycles. The number of halogens is 4. The maximum Gasteiger partial charge on any atom is 0.416 e. The predicted octanol–water partition coefficient (Wildman–Crippen LogP) is 4.52. The van der Waals surface area contributed by atoms with Crippen LogP contribution < -0.4 is 5.32 Å². The SMILES string of the molecule is C[C@H](Nc1nc2cc(C(F)(F)F)cc(Cl)c2o1)c1ncnn1-c1ccc(C#N)cn1. The quantitative estimate of drug-likeness (QED) is 0.504. The number of aromatic nitrogens is 5. The Morgan fingerprint density at radius 2 is 2.07 bits per heavy atom. The first kappa shape index (κ1) is 19.7. The van der Waals surface area contributed by atoms with Gasteiger partial charge in [-0.05, 0) is 31.2 Å². The van der Waals surface area contributed by atoms with Crippen molar-refractivity contribution in [2.75, 3.05) is 5.32 Å². The van der Waals surface area contributed by atoms with Gasteiger partial charge < -0.3 is 9.73 Å². The van der Waals surface area contributed by atoms with Gasteiger partial charge in [0.15, 0.2) is 17.2 Å². The molecule has 0 bridgehead atoms. The van der Waals surface area contributed by atoms with Crippen LogP contribution in [0.3, 0.4) is 0 Å². The normalized spacial score (nSPS) is 12.7. The Bertz CT molecular complexity index is 1260. The standard InChI is InChI=1S/C18H11ClF3N7O/c1-9(16-25-8-26-29(16)14-3-2-10(6-23)7-24-14)27-17-28-13-5-11(18(20,21)22)4-12(19)15(13)30-17/h2-5,7-9H,1H3,(H,27,28)/t9-/m0/s1. The number of alkyl halides is 3. The van der Waals surface area contributed by atoms with Crippen LogP contribution in [0.2, 0.25) is 5.02 Å². The monoisotopic (exact) mass is 433 g/mol. The number of nitrogens with zero attached hydrogens (tertiary/aromatic N) is 6. The second-order valence-corrected chi connectivity index (χ2v) is 6.64. The summed E-state index contributed by atoms with van der Waals surface area (Å²) in [6.45, 7) is 1.74. The molecule has 0 amide bonds. The van der Waals surface area contributed by atoms with E-state index < -0.39 is 17.8 Å². The molecule has 8 nitrogen and oxygen atoms in total. The number of hydrogen-bond donors (Lipinski definition) is 1. The molecule has 0 radical (unpaired) electrons. The Labute approximate surface area is 171 Å². The van der Waals surface area contributed by atoms with E-state index in [-0.39, 0.29) is 22.1 Å². The Hall–Kier alpha value is -3.65. The van der Waals surface area contributed by atoms with Crippen molar-refractivity contribution in [1.82, 2.24) is 24.7 Å². The molecule has 1 N–H and O–H groups in total. The summed E-state index contributed by atoms with van der Waals surface area (Å²) in [7, 11) is 0. The molecular formula is C18H11ClF3N7O. The molecule has 0 aliphatic carbocycles. The fourth-order valence-electron chi connectivity index (χ4n) is 2.77. The van der Waals surface area contributed by atoms with Gasteiger partial charge in [-0.25, -0.2) is 9.97 Å². The fraction of sp³-hybridized carbons (Fsp3) is 0.167. The van der Waals surface area contributed by atoms with Crippen LogP contribution in [0.4, 0.5) is 19.2 Å². The first-order valence-electron chi connectivity index (χ1n) is 8.46. The molecule has 152 valence electrons. The van der Waals surface area contributed by atoms with Gasteiger partial charge >= 0.3 is 6.18 Å². The number of fused-ring (bicyclic) bond motifs is 1. The number of benzene rings is 1. The van der Waals surface area contributed by atoms with Crippen LogP contribution in [0.5, 0.6) is 0 Å². The van der Waals surface area contributed by atoms with Gasteiger partial charge in [-0.15, -0.1) is 0 Å². The zero-order valence-corrected chi connectivity index (χ0v) is 15.9. The lowest BCUT2D eigenvalue weighted by atomic mass is 10.2.